The standard InChI is InChI=1S/C11H22N4O2S/c1-5-7(2)8(3)15-18(16,17)11-9(4)13-14-10(11)6-12/h7-8,15H,5-6,12H2,1-4H3,(H,13,14). The van der Waals surface area contributed by atoms with Crippen molar-refractivity contribution in [3.8, 4) is 0 Å². The first-order valence-electron chi connectivity index (χ1n) is 6.09. The molecule has 2 unspecified atom stereocenters. The molecule has 0 spiro atoms. The normalized spacial score (nSPS) is 15.6. The summed E-state index contributed by atoms with van der Waals surface area (Å²) in [7, 11) is -3.57. The van der Waals surface area contributed by atoms with Gasteiger partial charge in [0, 0.05) is 12.6 Å². The molecular weight excluding hydrogens is 252 g/mol. The molecule has 0 aliphatic heterocycles. The van der Waals surface area contributed by atoms with E-state index in [2.05, 4.69) is 14.9 Å². The topological polar surface area (TPSA) is 101 Å². The summed E-state index contributed by atoms with van der Waals surface area (Å²) in [6.45, 7) is 7.68. The third kappa shape index (κ3) is 3.09. The number of nitrogens with one attached hydrogen (secondary N) is 2. The molecule has 2 atom stereocenters. The van der Waals surface area contributed by atoms with Crippen LogP contribution < -0.4 is 10.5 Å². The van der Waals surface area contributed by atoms with E-state index < -0.39 is 10.0 Å². The lowest BCUT2D eigenvalue weighted by Gasteiger charge is -2.19. The van der Waals surface area contributed by atoms with Crippen LogP contribution in [-0.4, -0.2) is 24.7 Å². The van der Waals surface area contributed by atoms with Gasteiger partial charge in [-0.3, -0.25) is 5.10 Å². The predicted octanol–water partition coefficient (Wildman–Crippen LogP) is 0.890. The van der Waals surface area contributed by atoms with E-state index in [4.69, 9.17) is 5.73 Å². The molecule has 7 heteroatoms. The number of sulfonamides is 1. The summed E-state index contributed by atoms with van der Waals surface area (Å²) in [6.07, 6.45) is 0.914. The zero-order chi connectivity index (χ0) is 13.9. The summed E-state index contributed by atoms with van der Waals surface area (Å²) in [5.74, 6) is 0.272. The van der Waals surface area contributed by atoms with E-state index in [1.807, 2.05) is 20.8 Å². The molecule has 18 heavy (non-hydrogen) atoms. The van der Waals surface area contributed by atoms with Gasteiger partial charge < -0.3 is 5.73 Å². The van der Waals surface area contributed by atoms with Crippen LogP contribution in [0.5, 0.6) is 0 Å². The first-order valence-corrected chi connectivity index (χ1v) is 7.58. The molecule has 0 bridgehead atoms. The fraction of sp³-hybridized carbons (Fsp3) is 0.727. The second kappa shape index (κ2) is 5.81. The van der Waals surface area contributed by atoms with Crippen LogP contribution in [0.3, 0.4) is 0 Å². The molecule has 1 heterocycles. The van der Waals surface area contributed by atoms with Crippen molar-refractivity contribution in [3.05, 3.63) is 11.4 Å². The maximum Gasteiger partial charge on any atom is 0.244 e. The van der Waals surface area contributed by atoms with Crippen molar-refractivity contribution in [1.82, 2.24) is 14.9 Å². The molecular formula is C11H22N4O2S. The average molecular weight is 274 g/mol. The maximum absolute atomic E-state index is 12.3. The van der Waals surface area contributed by atoms with E-state index in [0.717, 1.165) is 6.42 Å². The van der Waals surface area contributed by atoms with Crippen molar-refractivity contribution in [2.24, 2.45) is 11.7 Å². The highest BCUT2D eigenvalue weighted by molar-refractivity contribution is 7.89. The van der Waals surface area contributed by atoms with Gasteiger partial charge in [0.15, 0.2) is 0 Å². The first-order chi connectivity index (χ1) is 8.33. The van der Waals surface area contributed by atoms with Gasteiger partial charge in [0.2, 0.25) is 10.0 Å². The molecule has 0 saturated carbocycles. The third-order valence-corrected chi connectivity index (χ3v) is 5.02. The van der Waals surface area contributed by atoms with Crippen molar-refractivity contribution in [3.63, 3.8) is 0 Å². The first kappa shape index (κ1) is 15.1. The smallest absolute Gasteiger partial charge is 0.244 e. The molecule has 0 aromatic carbocycles. The van der Waals surface area contributed by atoms with Crippen molar-refractivity contribution < 1.29 is 8.42 Å². The molecule has 0 radical (unpaired) electrons. The van der Waals surface area contributed by atoms with Gasteiger partial charge >= 0.3 is 0 Å². The number of aromatic amines is 1. The molecule has 104 valence electrons. The van der Waals surface area contributed by atoms with Gasteiger partial charge in [-0.05, 0) is 19.8 Å². The number of hydrogen-bond acceptors (Lipinski definition) is 4. The zero-order valence-corrected chi connectivity index (χ0v) is 12.1. The molecule has 1 aromatic rings. The van der Waals surface area contributed by atoms with Crippen LogP contribution in [0, 0.1) is 12.8 Å². The van der Waals surface area contributed by atoms with Crippen molar-refractivity contribution in [1.29, 1.82) is 0 Å². The van der Waals surface area contributed by atoms with Gasteiger partial charge in [-0.25, -0.2) is 13.1 Å². The SMILES string of the molecule is CCC(C)C(C)NS(=O)(=O)c1c(CN)n[nH]c1C. The Bertz CT molecular complexity index is 495. The summed E-state index contributed by atoms with van der Waals surface area (Å²) in [4.78, 5) is 0.181. The van der Waals surface area contributed by atoms with E-state index in [1.165, 1.54) is 0 Å². The summed E-state index contributed by atoms with van der Waals surface area (Å²) in [5.41, 5.74) is 6.39. The van der Waals surface area contributed by atoms with Gasteiger partial charge in [-0.2, -0.15) is 5.10 Å². The van der Waals surface area contributed by atoms with Crippen LogP contribution in [0.15, 0.2) is 4.90 Å². The highest BCUT2D eigenvalue weighted by atomic mass is 32.2. The number of hydrogen-bond donors (Lipinski definition) is 3. The van der Waals surface area contributed by atoms with E-state index in [1.54, 1.807) is 6.92 Å². The van der Waals surface area contributed by atoms with Crippen LogP contribution in [0.4, 0.5) is 0 Å². The van der Waals surface area contributed by atoms with Crippen LogP contribution in [0.2, 0.25) is 0 Å². The van der Waals surface area contributed by atoms with Crippen molar-refractivity contribution >= 4 is 10.0 Å². The minimum atomic E-state index is -3.57. The van der Waals surface area contributed by atoms with Crippen molar-refractivity contribution in [2.75, 3.05) is 0 Å². The van der Waals surface area contributed by atoms with Gasteiger partial charge in [-0.15, -0.1) is 0 Å². The molecule has 0 aliphatic rings. The molecule has 0 aliphatic carbocycles. The lowest BCUT2D eigenvalue weighted by Crippen LogP contribution is -2.37. The molecule has 1 aromatic heterocycles. The van der Waals surface area contributed by atoms with Crippen LogP contribution in [-0.2, 0) is 16.6 Å². The van der Waals surface area contributed by atoms with Crippen LogP contribution in [0.1, 0.15) is 38.6 Å². The Hall–Kier alpha value is -0.920. The highest BCUT2D eigenvalue weighted by Crippen LogP contribution is 2.19. The van der Waals surface area contributed by atoms with E-state index in [9.17, 15) is 8.42 Å². The molecule has 6 nitrogen and oxygen atoms in total. The molecule has 1 rings (SSSR count). The number of H-pyrrole nitrogens is 1. The number of aryl methyl sites for hydroxylation is 1. The summed E-state index contributed by atoms with van der Waals surface area (Å²) >= 11 is 0. The monoisotopic (exact) mass is 274 g/mol. The molecule has 4 N–H and O–H groups in total. The van der Waals surface area contributed by atoms with E-state index in [0.29, 0.717) is 11.4 Å². The van der Waals surface area contributed by atoms with Crippen molar-refractivity contribution in [2.45, 2.75) is 51.6 Å². The third-order valence-electron chi connectivity index (χ3n) is 3.26. The van der Waals surface area contributed by atoms with Gasteiger partial charge in [0.05, 0.1) is 11.4 Å². The fourth-order valence-corrected chi connectivity index (χ4v) is 3.47. The lowest BCUT2D eigenvalue weighted by molar-refractivity contribution is 0.433. The molecule has 0 amide bonds. The highest BCUT2D eigenvalue weighted by Gasteiger charge is 2.26. The second-order valence-corrected chi connectivity index (χ2v) is 6.27. The van der Waals surface area contributed by atoms with Gasteiger partial charge in [0.25, 0.3) is 0 Å². The Balaban J connectivity index is 3.03. The fourth-order valence-electron chi connectivity index (χ4n) is 1.74. The van der Waals surface area contributed by atoms with E-state index >= 15 is 0 Å². The Morgan fingerprint density at radius 2 is 2.06 bits per heavy atom. The zero-order valence-electron chi connectivity index (χ0n) is 11.3. The van der Waals surface area contributed by atoms with Gasteiger partial charge in [0.1, 0.15) is 4.90 Å². The maximum atomic E-state index is 12.3. The Kier molecular flexibility index (Phi) is 4.89. The Labute approximate surface area is 108 Å². The van der Waals surface area contributed by atoms with E-state index in [-0.39, 0.29) is 23.4 Å². The number of nitrogens with zero attached hydrogens (tertiary/aromatic N) is 1. The summed E-state index contributed by atoms with van der Waals surface area (Å²) < 4.78 is 27.3. The molecule has 0 saturated heterocycles. The number of nitrogens with two attached hydrogens (primary N) is 1. The minimum Gasteiger partial charge on any atom is -0.325 e. The molecule has 0 fully saturated rings. The average Bonchev–Trinajstić information content (AvgIpc) is 2.69. The Morgan fingerprint density at radius 1 is 1.44 bits per heavy atom. The number of rotatable bonds is 6. The quantitative estimate of drug-likeness (QED) is 0.717. The second-order valence-electron chi connectivity index (χ2n) is 4.62. The summed E-state index contributed by atoms with van der Waals surface area (Å²) in [5, 5.41) is 6.57. The Morgan fingerprint density at radius 3 is 2.56 bits per heavy atom. The minimum absolute atomic E-state index is 0.0955. The predicted molar refractivity (Wildman–Crippen MR) is 70.5 cm³/mol. The number of aromatic nitrogens is 2. The van der Waals surface area contributed by atoms with Crippen LogP contribution in [0.25, 0.3) is 0 Å². The largest absolute Gasteiger partial charge is 0.325 e. The summed E-state index contributed by atoms with van der Waals surface area (Å²) in [6, 6.07) is -0.125. The lowest BCUT2D eigenvalue weighted by atomic mass is 10.0. The van der Waals surface area contributed by atoms with Gasteiger partial charge in [-0.1, -0.05) is 20.3 Å². The van der Waals surface area contributed by atoms with Crippen LogP contribution >= 0.6 is 0 Å².